The van der Waals surface area contributed by atoms with Crippen molar-refractivity contribution in [1.82, 2.24) is 20.0 Å². The van der Waals surface area contributed by atoms with Crippen LogP contribution in [0.1, 0.15) is 81.6 Å². The van der Waals surface area contributed by atoms with Crippen molar-refractivity contribution in [3.8, 4) is 6.07 Å². The van der Waals surface area contributed by atoms with Crippen molar-refractivity contribution in [3.63, 3.8) is 0 Å². The smallest absolute Gasteiger partial charge is 0.123 e. The molecule has 0 radical (unpaired) electrons. The molecular weight excluding hydrogens is 537 g/mol. The largest absolute Gasteiger partial charge is 0.378 e. The molecule has 2 heterocycles. The Morgan fingerprint density at radius 3 is 2.46 bits per heavy atom. The average molecular weight is 569 g/mol. The minimum atomic E-state index is -1.58. The molecule has 9 heteroatoms. The van der Waals surface area contributed by atoms with Gasteiger partial charge in [0, 0.05) is 22.8 Å². The highest BCUT2D eigenvalue weighted by atomic mass is 35.5. The molecule has 0 unspecified atom stereocenters. The summed E-state index contributed by atoms with van der Waals surface area (Å²) in [6.07, 6.45) is 12.8. The molecule has 2 aromatic carbocycles. The molecule has 0 saturated heterocycles. The zero-order chi connectivity index (χ0) is 28.6. The van der Waals surface area contributed by atoms with E-state index in [1.54, 1.807) is 35.3 Å². The van der Waals surface area contributed by atoms with E-state index in [2.05, 4.69) is 32.0 Å². The summed E-state index contributed by atoms with van der Waals surface area (Å²) in [5, 5.41) is 27.2. The van der Waals surface area contributed by atoms with Gasteiger partial charge in [0.05, 0.1) is 41.4 Å². The standard InChI is InChI=1S/C32H31ClFN7/c33-27-11-24(37-30(21-1-3-23(34)4-2-21)28-17-41(40-39-28)25-5-6-25)10-26-29(22(15-35)16-36-31(26)27)38-32-12-18-7-19(13-32)9-20(8-18)14-32/h1-4,10-11,16-20,25,30,37H,5-9,12-14H2,(H,36,38)/t18?,19?,20?,30-,32?/m0/s1/i30D. The second kappa shape index (κ2) is 9.42. The zero-order valence-electron chi connectivity index (χ0n) is 23.6. The molecule has 4 aromatic rings. The summed E-state index contributed by atoms with van der Waals surface area (Å²) in [5.74, 6) is 1.85. The van der Waals surface area contributed by atoms with E-state index in [0.717, 1.165) is 60.9 Å². The lowest BCUT2D eigenvalue weighted by Crippen LogP contribution is -2.54. The molecule has 5 saturated carbocycles. The Morgan fingerprint density at radius 1 is 1.10 bits per heavy atom. The molecular formula is C32H31ClFN7. The van der Waals surface area contributed by atoms with Crippen LogP contribution in [0.4, 0.5) is 15.8 Å². The highest BCUT2D eigenvalue weighted by Gasteiger charge is 2.51. The lowest BCUT2D eigenvalue weighted by molar-refractivity contribution is 0.0107. The number of fused-ring (bicyclic) bond motifs is 1. The second-order valence-corrected chi connectivity index (χ2v) is 13.1. The van der Waals surface area contributed by atoms with Crippen molar-refractivity contribution < 1.29 is 5.76 Å². The average Bonchev–Trinajstić information content (AvgIpc) is 3.68. The van der Waals surface area contributed by atoms with Crippen molar-refractivity contribution in [2.75, 3.05) is 10.6 Å². The van der Waals surface area contributed by atoms with Crippen molar-refractivity contribution in [1.29, 1.82) is 5.26 Å². The molecule has 0 aliphatic heterocycles. The third kappa shape index (κ3) is 4.51. The molecule has 2 N–H and O–H groups in total. The van der Waals surface area contributed by atoms with Crippen LogP contribution < -0.4 is 10.6 Å². The summed E-state index contributed by atoms with van der Waals surface area (Å²) >= 11 is 6.85. The number of anilines is 2. The highest BCUT2D eigenvalue weighted by Crippen LogP contribution is 2.57. The number of nitrogens with one attached hydrogen (secondary N) is 2. The fourth-order valence-corrected chi connectivity index (χ4v) is 8.30. The van der Waals surface area contributed by atoms with Gasteiger partial charge in [0.1, 0.15) is 17.6 Å². The van der Waals surface area contributed by atoms with E-state index in [1.165, 1.54) is 31.4 Å². The number of pyridine rings is 1. The normalized spacial score (nSPS) is 28.2. The number of rotatable bonds is 7. The number of halogens is 2. The van der Waals surface area contributed by atoms with Crippen LogP contribution in [0.2, 0.25) is 5.02 Å². The Morgan fingerprint density at radius 2 is 1.80 bits per heavy atom. The first-order valence-corrected chi connectivity index (χ1v) is 15.0. The second-order valence-electron chi connectivity index (χ2n) is 12.7. The monoisotopic (exact) mass is 568 g/mol. The predicted octanol–water partition coefficient (Wildman–Crippen LogP) is 7.41. The van der Waals surface area contributed by atoms with Crippen LogP contribution in [0.15, 0.2) is 48.8 Å². The van der Waals surface area contributed by atoms with Gasteiger partial charge in [0.15, 0.2) is 0 Å². The van der Waals surface area contributed by atoms with Crippen molar-refractivity contribution in [2.24, 2.45) is 17.8 Å². The molecule has 7 nitrogen and oxygen atoms in total. The molecule has 4 bridgehead atoms. The SMILES string of the molecule is [2H][C@](Nc1cc(Cl)c2ncc(C#N)c(NC34CC5CC(CC(C5)C3)C4)c2c1)(c1ccc(F)cc1)c1cn(C2CC2)nn1. The van der Waals surface area contributed by atoms with Gasteiger partial charge in [-0.05, 0) is 98.9 Å². The fourth-order valence-electron chi connectivity index (χ4n) is 8.03. The summed E-state index contributed by atoms with van der Waals surface area (Å²) in [6.45, 7) is 0. The number of hydrogen-bond donors (Lipinski definition) is 2. The Bertz CT molecular complexity index is 1710. The summed E-state index contributed by atoms with van der Waals surface area (Å²) in [7, 11) is 0. The molecule has 0 spiro atoms. The van der Waals surface area contributed by atoms with E-state index < -0.39 is 6.02 Å². The fraction of sp³-hybridized carbons (Fsp3) is 0.438. The zero-order valence-corrected chi connectivity index (χ0v) is 23.3. The highest BCUT2D eigenvalue weighted by molar-refractivity contribution is 6.35. The molecule has 5 aliphatic carbocycles. The number of hydrogen-bond acceptors (Lipinski definition) is 6. The maximum Gasteiger partial charge on any atom is 0.123 e. The summed E-state index contributed by atoms with van der Waals surface area (Å²) in [6, 6.07) is 10.6. The first-order chi connectivity index (χ1) is 20.3. The van der Waals surface area contributed by atoms with E-state index >= 15 is 0 Å². The van der Waals surface area contributed by atoms with Gasteiger partial charge in [-0.25, -0.2) is 9.07 Å². The quantitative estimate of drug-likeness (QED) is 0.241. The first-order valence-electron chi connectivity index (χ1n) is 15.1. The van der Waals surface area contributed by atoms with Crippen molar-refractivity contribution in [2.45, 2.75) is 69.0 Å². The van der Waals surface area contributed by atoms with Crippen molar-refractivity contribution in [3.05, 3.63) is 76.5 Å². The van der Waals surface area contributed by atoms with Crippen LogP contribution in [0, 0.1) is 34.9 Å². The molecule has 41 heavy (non-hydrogen) atoms. The van der Waals surface area contributed by atoms with Crippen LogP contribution in [0.5, 0.6) is 0 Å². The minimum absolute atomic E-state index is 0.0286. The number of nitriles is 1. The number of aromatic nitrogens is 4. The van der Waals surface area contributed by atoms with Gasteiger partial charge in [-0.3, -0.25) is 4.98 Å². The van der Waals surface area contributed by atoms with Gasteiger partial charge in [0.2, 0.25) is 0 Å². The van der Waals surface area contributed by atoms with E-state index in [0.29, 0.717) is 39.1 Å². The minimum Gasteiger partial charge on any atom is -0.378 e. The number of nitrogens with zero attached hydrogens (tertiary/aromatic N) is 5. The van der Waals surface area contributed by atoms with Crippen LogP contribution in [-0.4, -0.2) is 25.5 Å². The van der Waals surface area contributed by atoms with Crippen LogP contribution in [0.25, 0.3) is 10.9 Å². The van der Waals surface area contributed by atoms with Crippen LogP contribution in [-0.2, 0) is 0 Å². The predicted molar refractivity (Wildman–Crippen MR) is 156 cm³/mol. The first kappa shape index (κ1) is 24.0. The van der Waals surface area contributed by atoms with E-state index in [4.69, 9.17) is 11.6 Å². The molecule has 5 aliphatic rings. The van der Waals surface area contributed by atoms with Crippen molar-refractivity contribution >= 4 is 33.9 Å². The lowest BCUT2D eigenvalue weighted by Gasteiger charge is -2.57. The maximum absolute atomic E-state index is 13.9. The van der Waals surface area contributed by atoms with Gasteiger partial charge in [0.25, 0.3) is 0 Å². The van der Waals surface area contributed by atoms with Gasteiger partial charge < -0.3 is 10.6 Å². The van der Waals surface area contributed by atoms with Gasteiger partial charge in [-0.1, -0.05) is 28.9 Å². The van der Waals surface area contributed by atoms with Crippen LogP contribution >= 0.6 is 11.6 Å². The molecule has 5 fully saturated rings. The Hall–Kier alpha value is -3.70. The van der Waals surface area contributed by atoms with E-state index in [9.17, 15) is 11.0 Å². The van der Waals surface area contributed by atoms with E-state index in [-0.39, 0.29) is 11.4 Å². The maximum atomic E-state index is 13.9. The molecule has 0 amide bonds. The lowest BCUT2D eigenvalue weighted by atomic mass is 9.53. The molecule has 2 aromatic heterocycles. The Balaban J connectivity index is 1.22. The Kier molecular flexibility index (Phi) is 5.50. The summed E-state index contributed by atoms with van der Waals surface area (Å²) in [4.78, 5) is 4.56. The van der Waals surface area contributed by atoms with Crippen LogP contribution in [0.3, 0.4) is 0 Å². The Labute approximate surface area is 244 Å². The molecule has 9 rings (SSSR count). The third-order valence-electron chi connectivity index (χ3n) is 9.56. The third-order valence-corrected chi connectivity index (χ3v) is 9.85. The summed E-state index contributed by atoms with van der Waals surface area (Å²) < 4.78 is 25.3. The molecule has 1 atom stereocenters. The molecule has 208 valence electrons. The van der Waals surface area contributed by atoms with Gasteiger partial charge >= 0.3 is 0 Å². The summed E-state index contributed by atoms with van der Waals surface area (Å²) in [5.41, 5.74) is 3.29. The van der Waals surface area contributed by atoms with Gasteiger partial charge in [-0.15, -0.1) is 5.10 Å². The number of benzene rings is 2. The topological polar surface area (TPSA) is 91.5 Å². The van der Waals surface area contributed by atoms with Gasteiger partial charge in [-0.2, -0.15) is 5.26 Å². The van der Waals surface area contributed by atoms with E-state index in [1.807, 2.05) is 6.07 Å².